The zero-order chi connectivity index (χ0) is 23.9. The Labute approximate surface area is 222 Å². The largest absolute Gasteiger partial charge is 1.00 e. The van der Waals surface area contributed by atoms with Crippen LogP contribution in [0.2, 0.25) is 0 Å². The molecule has 1 heterocycles. The van der Waals surface area contributed by atoms with Gasteiger partial charge in [0, 0.05) is 6.42 Å². The molecule has 2 atom stereocenters. The first-order valence-corrected chi connectivity index (χ1v) is 13.6. The fraction of sp³-hybridized carbons (Fsp3) is 0.826. The van der Waals surface area contributed by atoms with Crippen molar-refractivity contribution in [3.63, 3.8) is 0 Å². The quantitative estimate of drug-likeness (QED) is 0.0819. The first kappa shape index (κ1) is 32.9. The minimum Gasteiger partial charge on any atom is -0.748 e. The number of quaternary nitrogens is 1. The fourth-order valence-corrected chi connectivity index (χ4v) is 4.84. The van der Waals surface area contributed by atoms with Gasteiger partial charge in [-0.3, -0.25) is 9.28 Å². The van der Waals surface area contributed by atoms with Gasteiger partial charge in [-0.2, -0.15) is 0 Å². The number of aliphatic hydroxyl groups excluding tert-OH is 2. The predicted molar refractivity (Wildman–Crippen MR) is 125 cm³/mol. The van der Waals surface area contributed by atoms with Crippen LogP contribution >= 0.6 is 0 Å². The summed E-state index contributed by atoms with van der Waals surface area (Å²) >= 11 is 0. The van der Waals surface area contributed by atoms with Crippen LogP contribution in [-0.4, -0.2) is 83.9 Å². The Morgan fingerprint density at radius 2 is 1.73 bits per heavy atom. The smallest absolute Gasteiger partial charge is 0.748 e. The maximum atomic E-state index is 12.8. The first-order chi connectivity index (χ1) is 15.2. The average Bonchev–Trinajstić information content (AvgIpc) is 3.10. The van der Waals surface area contributed by atoms with Gasteiger partial charge in [0.05, 0.1) is 29.0 Å². The van der Waals surface area contributed by atoms with Crippen LogP contribution in [0.3, 0.4) is 0 Å². The summed E-state index contributed by atoms with van der Waals surface area (Å²) in [6.07, 6.45) is 14.7. The number of hydrogen-bond acceptors (Lipinski definition) is 7. The predicted octanol–water partition coefficient (Wildman–Crippen LogP) is -0.446. The summed E-state index contributed by atoms with van der Waals surface area (Å²) in [5.74, 6) is -0.758. The normalized spacial score (nSPS) is 19.5. The Bertz CT molecular complexity index is 714. The minimum atomic E-state index is -4.58. The number of hydrogen-bond donors (Lipinski definition) is 2. The number of unbranched alkanes of at least 4 members (excludes halogenated alkanes) is 8. The number of Topliss-reactive ketones (excluding diaryl/α,β-unsaturated/α-hetero) is 1. The van der Waals surface area contributed by atoms with E-state index < -0.39 is 22.0 Å². The van der Waals surface area contributed by atoms with Crippen LogP contribution in [0.1, 0.15) is 77.6 Å². The standard InChI is InChI=1S/C23H42N2O6S.Na/c1-2-3-4-5-6-7-8-9-10-11-12-13-14-22(28)23-24-15-16-25(23,17-18-26)19-21(27)20-32(29,30)31;/h8-9,21,26-27H,2-7,10-20H2,1H3;/q;+1/b9-8+;. The fourth-order valence-electron chi connectivity index (χ4n) is 4.26. The van der Waals surface area contributed by atoms with Crippen LogP contribution in [0, 0.1) is 0 Å². The molecule has 0 radical (unpaired) electrons. The second kappa shape index (κ2) is 18.2. The molecule has 0 amide bonds. The number of aliphatic hydroxyl groups is 2. The van der Waals surface area contributed by atoms with Crippen molar-refractivity contribution in [3.05, 3.63) is 12.2 Å². The van der Waals surface area contributed by atoms with Crippen LogP contribution in [0.4, 0.5) is 0 Å². The van der Waals surface area contributed by atoms with E-state index in [1.165, 1.54) is 32.1 Å². The molecular weight excluding hydrogens is 455 g/mol. The monoisotopic (exact) mass is 497 g/mol. The second-order valence-electron chi connectivity index (χ2n) is 8.78. The van der Waals surface area contributed by atoms with E-state index in [0.29, 0.717) is 19.5 Å². The van der Waals surface area contributed by atoms with Crippen molar-refractivity contribution < 1.29 is 62.0 Å². The zero-order valence-corrected chi connectivity index (χ0v) is 23.4. The summed E-state index contributed by atoms with van der Waals surface area (Å²) in [5, 5.41) is 19.6. The number of carbonyl (C=O) groups is 1. The second-order valence-corrected chi connectivity index (χ2v) is 10.2. The Balaban J connectivity index is 0.0000102. The van der Waals surface area contributed by atoms with E-state index in [1.54, 1.807) is 0 Å². The van der Waals surface area contributed by atoms with E-state index in [1.807, 2.05) is 0 Å². The van der Waals surface area contributed by atoms with Crippen molar-refractivity contribution in [2.24, 2.45) is 4.99 Å². The summed E-state index contributed by atoms with van der Waals surface area (Å²) in [7, 11) is -4.58. The van der Waals surface area contributed by atoms with Crippen molar-refractivity contribution in [1.82, 2.24) is 0 Å². The van der Waals surface area contributed by atoms with Gasteiger partial charge in [-0.05, 0) is 32.1 Å². The Kier molecular flexibility index (Phi) is 18.1. The van der Waals surface area contributed by atoms with Gasteiger partial charge in [0.2, 0.25) is 5.78 Å². The van der Waals surface area contributed by atoms with Crippen LogP contribution < -0.4 is 29.6 Å². The molecule has 0 bridgehead atoms. The molecule has 2 unspecified atom stereocenters. The Hall–Kier alpha value is -0.130. The first-order valence-electron chi connectivity index (χ1n) is 12.1. The number of carbonyl (C=O) groups excluding carboxylic acids is 1. The maximum absolute atomic E-state index is 12.8. The van der Waals surface area contributed by atoms with E-state index in [4.69, 9.17) is 0 Å². The van der Waals surface area contributed by atoms with E-state index in [0.717, 1.165) is 32.1 Å². The van der Waals surface area contributed by atoms with E-state index in [-0.39, 0.29) is 65.4 Å². The zero-order valence-electron chi connectivity index (χ0n) is 20.6. The SMILES string of the molecule is CCCCCCC/C=C/CCCCCC(=O)C1=NCC[N+]1(CCO)CC(O)CS(=O)(=O)[O-].[Na+]. The number of aliphatic imine (C=N–C) groups is 1. The van der Waals surface area contributed by atoms with Crippen LogP contribution in [0.5, 0.6) is 0 Å². The molecule has 2 N–H and O–H groups in total. The van der Waals surface area contributed by atoms with Gasteiger partial charge < -0.3 is 14.8 Å². The van der Waals surface area contributed by atoms with Crippen molar-refractivity contribution in [2.75, 3.05) is 38.5 Å². The molecule has 1 aliphatic rings. The molecule has 0 aromatic heterocycles. The van der Waals surface area contributed by atoms with Crippen LogP contribution in [0.25, 0.3) is 0 Å². The van der Waals surface area contributed by atoms with Crippen molar-refractivity contribution in [3.8, 4) is 0 Å². The summed E-state index contributed by atoms with van der Waals surface area (Å²) in [6.45, 7) is 2.81. The molecule has 0 aromatic carbocycles. The molecule has 8 nitrogen and oxygen atoms in total. The van der Waals surface area contributed by atoms with Crippen LogP contribution in [0.15, 0.2) is 17.1 Å². The van der Waals surface area contributed by atoms with E-state index in [9.17, 15) is 28.0 Å². The molecular formula is C23H42N2NaO6S+. The number of ketones is 1. The molecule has 1 aliphatic heterocycles. The van der Waals surface area contributed by atoms with Gasteiger partial charge in [-0.25, -0.2) is 13.4 Å². The molecule has 33 heavy (non-hydrogen) atoms. The van der Waals surface area contributed by atoms with Gasteiger partial charge in [0.25, 0.3) is 5.84 Å². The summed E-state index contributed by atoms with van der Waals surface area (Å²) in [5.41, 5.74) is 0. The van der Waals surface area contributed by atoms with Gasteiger partial charge in [-0.15, -0.1) is 0 Å². The molecule has 0 saturated heterocycles. The molecule has 1 rings (SSSR count). The van der Waals surface area contributed by atoms with E-state index in [2.05, 4.69) is 24.1 Å². The molecule has 186 valence electrons. The summed E-state index contributed by atoms with van der Waals surface area (Å²) in [4.78, 5) is 17.1. The molecule has 10 heteroatoms. The number of allylic oxidation sites excluding steroid dienone is 2. The third kappa shape index (κ3) is 14.1. The van der Waals surface area contributed by atoms with Gasteiger partial charge in [-0.1, -0.05) is 51.2 Å². The van der Waals surface area contributed by atoms with Crippen molar-refractivity contribution >= 4 is 21.7 Å². The molecule has 0 spiro atoms. The van der Waals surface area contributed by atoms with Crippen molar-refractivity contribution in [2.45, 2.75) is 83.7 Å². The Morgan fingerprint density at radius 3 is 2.30 bits per heavy atom. The van der Waals surface area contributed by atoms with Gasteiger partial charge in [0.1, 0.15) is 25.7 Å². The third-order valence-corrected chi connectivity index (χ3v) is 6.68. The summed E-state index contributed by atoms with van der Waals surface area (Å²) in [6, 6.07) is 0. The number of rotatable bonds is 19. The third-order valence-electron chi connectivity index (χ3n) is 5.89. The average molecular weight is 498 g/mol. The number of amidine groups is 1. The van der Waals surface area contributed by atoms with Gasteiger partial charge >= 0.3 is 29.6 Å². The Morgan fingerprint density at radius 1 is 1.12 bits per heavy atom. The molecule has 0 aliphatic carbocycles. The molecule has 0 fully saturated rings. The van der Waals surface area contributed by atoms with E-state index >= 15 is 0 Å². The number of nitrogens with zero attached hydrogens (tertiary/aromatic N) is 2. The maximum Gasteiger partial charge on any atom is 1.00 e. The van der Waals surface area contributed by atoms with Crippen LogP contribution in [-0.2, 0) is 14.9 Å². The molecule has 0 saturated carbocycles. The van der Waals surface area contributed by atoms with Crippen molar-refractivity contribution in [1.29, 1.82) is 0 Å². The van der Waals surface area contributed by atoms with Gasteiger partial charge in [0.15, 0.2) is 0 Å². The topological polar surface area (TPSA) is 127 Å². The summed E-state index contributed by atoms with van der Waals surface area (Å²) < 4.78 is 32.8. The molecule has 0 aromatic rings. The minimum absolute atomic E-state index is 0.